The summed E-state index contributed by atoms with van der Waals surface area (Å²) in [6.45, 7) is 1.90. The number of H-pyrrole nitrogens is 1. The van der Waals surface area contributed by atoms with E-state index < -0.39 is 11.3 Å². The van der Waals surface area contributed by atoms with E-state index in [0.717, 1.165) is 26.4 Å². The van der Waals surface area contributed by atoms with Crippen molar-refractivity contribution >= 4 is 21.6 Å². The van der Waals surface area contributed by atoms with E-state index in [1.165, 1.54) is 7.11 Å². The summed E-state index contributed by atoms with van der Waals surface area (Å²) in [4.78, 5) is 22.9. The normalized spacial score (nSPS) is 12.2. The Kier molecular flexibility index (Phi) is 4.91. The van der Waals surface area contributed by atoms with Crippen LogP contribution in [0, 0.1) is 0 Å². The highest BCUT2D eigenvalue weighted by Crippen LogP contribution is 2.34. The van der Waals surface area contributed by atoms with Gasteiger partial charge < -0.3 is 14.3 Å². The molecule has 0 bridgehead atoms. The number of rotatable bonds is 5. The first-order valence-corrected chi connectivity index (χ1v) is 10.5. The number of benzene rings is 2. The topological polar surface area (TPSA) is 127 Å². The first-order valence-electron chi connectivity index (χ1n) is 9.70. The smallest absolute Gasteiger partial charge is 0.297 e. The highest BCUT2D eigenvalue weighted by atomic mass is 32.1. The molecule has 0 aliphatic carbocycles. The van der Waals surface area contributed by atoms with Gasteiger partial charge in [0.15, 0.2) is 5.69 Å². The van der Waals surface area contributed by atoms with Gasteiger partial charge in [0.2, 0.25) is 11.6 Å². The van der Waals surface area contributed by atoms with Crippen molar-refractivity contribution in [3.05, 3.63) is 69.8 Å². The van der Waals surface area contributed by atoms with Gasteiger partial charge in [0.1, 0.15) is 5.01 Å². The summed E-state index contributed by atoms with van der Waals surface area (Å²) < 4.78 is 11.7. The standard InChI is InChI=1S/C22H17N5O4S/c1-11(19-26-27-20(31-19)16-17(28)18(29)25-22(24-16)30-2)21-23-14-9-8-13(10-15(14)32-21)12-6-4-3-5-7-12/h3-11,28H,1-2H3,(H,24,25,29). The summed E-state index contributed by atoms with van der Waals surface area (Å²) in [5, 5.41) is 18.9. The number of hydrogen-bond donors (Lipinski definition) is 2. The van der Waals surface area contributed by atoms with Gasteiger partial charge in [0.05, 0.1) is 23.2 Å². The van der Waals surface area contributed by atoms with E-state index >= 15 is 0 Å². The Morgan fingerprint density at radius 1 is 1.09 bits per heavy atom. The lowest BCUT2D eigenvalue weighted by molar-refractivity contribution is 0.371. The van der Waals surface area contributed by atoms with Crippen molar-refractivity contribution in [1.82, 2.24) is 25.1 Å². The second kappa shape index (κ2) is 7.89. The number of methoxy groups -OCH3 is 1. The number of ether oxygens (including phenoxy) is 1. The predicted octanol–water partition coefficient (Wildman–Crippen LogP) is 3.96. The van der Waals surface area contributed by atoms with Crippen molar-refractivity contribution in [2.75, 3.05) is 7.11 Å². The van der Waals surface area contributed by atoms with Gasteiger partial charge in [0, 0.05) is 0 Å². The molecule has 0 radical (unpaired) electrons. The molecule has 0 amide bonds. The van der Waals surface area contributed by atoms with E-state index in [-0.39, 0.29) is 23.5 Å². The molecule has 9 nitrogen and oxygen atoms in total. The predicted molar refractivity (Wildman–Crippen MR) is 119 cm³/mol. The summed E-state index contributed by atoms with van der Waals surface area (Å²) in [6.07, 6.45) is 0. The van der Waals surface area contributed by atoms with Gasteiger partial charge in [-0.25, -0.2) is 4.98 Å². The quantitative estimate of drug-likeness (QED) is 0.414. The number of aromatic hydroxyl groups is 1. The Balaban J connectivity index is 1.48. The zero-order valence-electron chi connectivity index (χ0n) is 17.1. The Morgan fingerprint density at radius 3 is 2.69 bits per heavy atom. The number of fused-ring (bicyclic) bond motifs is 1. The fourth-order valence-corrected chi connectivity index (χ4v) is 4.29. The number of thiazole rings is 1. The second-order valence-corrected chi connectivity index (χ2v) is 8.10. The lowest BCUT2D eigenvalue weighted by atomic mass is 10.1. The fourth-order valence-electron chi connectivity index (χ4n) is 3.24. The van der Waals surface area contributed by atoms with Crippen LogP contribution in [-0.2, 0) is 0 Å². The maximum absolute atomic E-state index is 11.9. The van der Waals surface area contributed by atoms with E-state index in [2.05, 4.69) is 38.4 Å². The van der Waals surface area contributed by atoms with Gasteiger partial charge >= 0.3 is 0 Å². The zero-order valence-corrected chi connectivity index (χ0v) is 17.9. The van der Waals surface area contributed by atoms with Gasteiger partial charge in [-0.05, 0) is 30.2 Å². The van der Waals surface area contributed by atoms with Crippen LogP contribution in [0.4, 0.5) is 0 Å². The molecule has 0 aliphatic rings. The van der Waals surface area contributed by atoms with Crippen molar-refractivity contribution in [2.45, 2.75) is 12.8 Å². The van der Waals surface area contributed by atoms with E-state index in [9.17, 15) is 9.90 Å². The molecular weight excluding hydrogens is 430 g/mol. The maximum Gasteiger partial charge on any atom is 0.297 e. The van der Waals surface area contributed by atoms with Crippen molar-refractivity contribution in [3.8, 4) is 34.5 Å². The van der Waals surface area contributed by atoms with E-state index in [4.69, 9.17) is 14.1 Å². The summed E-state index contributed by atoms with van der Waals surface area (Å²) >= 11 is 1.55. The number of aromatic amines is 1. The molecule has 2 aromatic carbocycles. The van der Waals surface area contributed by atoms with Crippen LogP contribution < -0.4 is 10.3 Å². The molecule has 10 heteroatoms. The molecule has 5 aromatic rings. The van der Waals surface area contributed by atoms with Gasteiger partial charge in [-0.2, -0.15) is 4.98 Å². The lowest BCUT2D eigenvalue weighted by Gasteiger charge is -2.03. The molecule has 32 heavy (non-hydrogen) atoms. The minimum Gasteiger partial charge on any atom is -0.501 e. The van der Waals surface area contributed by atoms with E-state index in [1.54, 1.807) is 11.3 Å². The summed E-state index contributed by atoms with van der Waals surface area (Å²) in [6, 6.07) is 16.2. The average molecular weight is 447 g/mol. The van der Waals surface area contributed by atoms with Crippen molar-refractivity contribution in [3.63, 3.8) is 0 Å². The minimum atomic E-state index is -0.764. The molecule has 160 valence electrons. The molecule has 0 spiro atoms. The zero-order chi connectivity index (χ0) is 22.2. The van der Waals surface area contributed by atoms with Gasteiger partial charge in [-0.15, -0.1) is 21.5 Å². The Morgan fingerprint density at radius 2 is 1.91 bits per heavy atom. The minimum absolute atomic E-state index is 0.0732. The maximum atomic E-state index is 11.9. The highest BCUT2D eigenvalue weighted by Gasteiger charge is 2.24. The number of nitrogens with one attached hydrogen (secondary N) is 1. The lowest BCUT2D eigenvalue weighted by Crippen LogP contribution is -2.10. The molecule has 5 rings (SSSR count). The molecule has 0 aliphatic heterocycles. The highest BCUT2D eigenvalue weighted by molar-refractivity contribution is 7.18. The second-order valence-electron chi connectivity index (χ2n) is 7.04. The summed E-state index contributed by atoms with van der Waals surface area (Å²) in [5.74, 6) is -0.703. The Labute approximate surface area is 185 Å². The number of nitrogens with zero attached hydrogens (tertiary/aromatic N) is 4. The van der Waals surface area contributed by atoms with E-state index in [1.807, 2.05) is 37.3 Å². The Hall–Kier alpha value is -4.05. The monoisotopic (exact) mass is 447 g/mol. The van der Waals surface area contributed by atoms with Gasteiger partial charge in [0.25, 0.3) is 17.5 Å². The molecule has 0 saturated heterocycles. The summed E-state index contributed by atoms with van der Waals surface area (Å²) in [5.41, 5.74) is 2.23. The SMILES string of the molecule is COc1nc(-c2nnc(C(C)c3nc4ccc(-c5ccccc5)cc4s3)o2)c(O)c(=O)[nH]1. The van der Waals surface area contributed by atoms with Gasteiger partial charge in [-0.1, -0.05) is 36.4 Å². The van der Waals surface area contributed by atoms with Crippen LogP contribution in [0.15, 0.2) is 57.7 Å². The average Bonchev–Trinajstić information content (AvgIpc) is 3.48. The molecule has 1 atom stereocenters. The fraction of sp³-hybridized carbons (Fsp3) is 0.136. The van der Waals surface area contributed by atoms with Crippen LogP contribution in [0.3, 0.4) is 0 Å². The van der Waals surface area contributed by atoms with Crippen molar-refractivity contribution < 1.29 is 14.3 Å². The van der Waals surface area contributed by atoms with Crippen LogP contribution in [0.25, 0.3) is 32.9 Å². The van der Waals surface area contributed by atoms with Crippen LogP contribution in [0.5, 0.6) is 11.8 Å². The third-order valence-corrected chi connectivity index (χ3v) is 6.16. The molecule has 0 fully saturated rings. The molecule has 3 heterocycles. The third kappa shape index (κ3) is 3.50. The molecule has 3 aromatic heterocycles. The third-order valence-electron chi connectivity index (χ3n) is 4.96. The van der Waals surface area contributed by atoms with E-state index in [0.29, 0.717) is 5.89 Å². The molecular formula is C22H17N5O4S. The van der Waals surface area contributed by atoms with Crippen molar-refractivity contribution in [1.29, 1.82) is 0 Å². The number of aromatic nitrogens is 5. The Bertz CT molecular complexity index is 1480. The molecule has 1 unspecified atom stereocenters. The largest absolute Gasteiger partial charge is 0.501 e. The summed E-state index contributed by atoms with van der Waals surface area (Å²) in [7, 11) is 1.34. The van der Waals surface area contributed by atoms with Crippen LogP contribution in [-0.4, -0.2) is 37.4 Å². The molecule has 0 saturated carbocycles. The number of hydrogen-bond acceptors (Lipinski definition) is 9. The van der Waals surface area contributed by atoms with Crippen LogP contribution in [0.1, 0.15) is 23.7 Å². The first kappa shape index (κ1) is 19.9. The van der Waals surface area contributed by atoms with Crippen LogP contribution >= 0.6 is 11.3 Å². The van der Waals surface area contributed by atoms with Crippen molar-refractivity contribution in [2.24, 2.45) is 0 Å². The van der Waals surface area contributed by atoms with Gasteiger partial charge in [-0.3, -0.25) is 9.78 Å². The molecule has 2 N–H and O–H groups in total. The first-order chi connectivity index (χ1) is 15.5. The van der Waals surface area contributed by atoms with Crippen LogP contribution in [0.2, 0.25) is 0 Å².